The Morgan fingerprint density at radius 2 is 2.00 bits per heavy atom. The number of anilines is 1. The number of ether oxygens (including phenoxy) is 1. The van der Waals surface area contributed by atoms with Crippen LogP contribution in [0, 0.1) is 5.92 Å². The number of carbonyl (C=O) groups is 2. The first-order valence-corrected chi connectivity index (χ1v) is 9.39. The first-order chi connectivity index (χ1) is 12.6. The minimum atomic E-state index is -1.08. The number of amides is 1. The lowest BCUT2D eigenvalue weighted by Crippen LogP contribution is -2.42. The van der Waals surface area contributed by atoms with Crippen LogP contribution in [-0.2, 0) is 4.74 Å². The first kappa shape index (κ1) is 21.2. The quantitative estimate of drug-likeness (QED) is 0.760. The molecule has 0 radical (unpaired) electrons. The average Bonchev–Trinajstić information content (AvgIpc) is 2.58. The predicted octanol–water partition coefficient (Wildman–Crippen LogP) is 3.30. The number of piperidine rings is 1. The van der Waals surface area contributed by atoms with Gasteiger partial charge >= 0.3 is 12.1 Å². The van der Waals surface area contributed by atoms with Gasteiger partial charge in [-0.25, -0.2) is 14.6 Å². The van der Waals surface area contributed by atoms with Crippen molar-refractivity contribution in [3.63, 3.8) is 0 Å². The molecule has 1 aromatic heterocycles. The molecule has 1 aromatic rings. The summed E-state index contributed by atoms with van der Waals surface area (Å²) in [6.07, 6.45) is 3.62. The van der Waals surface area contributed by atoms with Crippen LogP contribution in [0.15, 0.2) is 6.20 Å². The minimum Gasteiger partial charge on any atom is -0.477 e. The van der Waals surface area contributed by atoms with Crippen LogP contribution in [0.1, 0.15) is 50.4 Å². The number of hydrogen-bond acceptors (Lipinski definition) is 6. The normalized spacial score (nSPS) is 15.5. The van der Waals surface area contributed by atoms with Crippen LogP contribution in [-0.4, -0.2) is 64.3 Å². The summed E-state index contributed by atoms with van der Waals surface area (Å²) in [4.78, 5) is 34.8. The molecule has 150 valence electrons. The highest BCUT2D eigenvalue weighted by molar-refractivity contribution is 6.28. The molecule has 1 amide bonds. The fourth-order valence-corrected chi connectivity index (χ4v) is 3.14. The Kier molecular flexibility index (Phi) is 6.86. The maximum Gasteiger partial charge on any atom is 0.410 e. The third-order valence-electron chi connectivity index (χ3n) is 4.47. The molecule has 0 spiro atoms. The molecule has 1 fully saturated rings. The van der Waals surface area contributed by atoms with Gasteiger partial charge in [0.25, 0.3) is 0 Å². The minimum absolute atomic E-state index is 0.0209. The van der Waals surface area contributed by atoms with E-state index in [-0.39, 0.29) is 16.9 Å². The first-order valence-electron chi connectivity index (χ1n) is 9.01. The Balaban J connectivity index is 1.86. The number of hydrogen-bond donors (Lipinski definition) is 1. The molecule has 27 heavy (non-hydrogen) atoms. The zero-order chi connectivity index (χ0) is 20.2. The van der Waals surface area contributed by atoms with Gasteiger partial charge in [-0.15, -0.1) is 0 Å². The Bertz CT molecular complexity index is 684. The number of aromatic nitrogens is 2. The van der Waals surface area contributed by atoms with Crippen LogP contribution >= 0.6 is 11.6 Å². The van der Waals surface area contributed by atoms with Crippen LogP contribution in [0.3, 0.4) is 0 Å². The van der Waals surface area contributed by atoms with Gasteiger partial charge in [-0.05, 0) is 57.6 Å². The third kappa shape index (κ3) is 6.23. The van der Waals surface area contributed by atoms with E-state index in [1.807, 2.05) is 20.8 Å². The number of carbonyl (C=O) groups excluding carboxylic acids is 1. The van der Waals surface area contributed by atoms with Crippen LogP contribution in [0.2, 0.25) is 5.28 Å². The SMILES string of the molecule is CN(CCC1CCN(C(=O)OC(C)(C)C)CC1)c1nc(Cl)ncc1C(=O)O. The largest absolute Gasteiger partial charge is 0.477 e. The molecule has 0 atom stereocenters. The highest BCUT2D eigenvalue weighted by atomic mass is 35.5. The number of aromatic carboxylic acids is 1. The van der Waals surface area contributed by atoms with Crippen molar-refractivity contribution in [1.82, 2.24) is 14.9 Å². The number of rotatable bonds is 5. The van der Waals surface area contributed by atoms with E-state index in [0.29, 0.717) is 31.4 Å². The van der Waals surface area contributed by atoms with E-state index in [4.69, 9.17) is 16.3 Å². The van der Waals surface area contributed by atoms with Crippen molar-refractivity contribution in [2.75, 3.05) is 31.6 Å². The molecule has 1 saturated heterocycles. The summed E-state index contributed by atoms with van der Waals surface area (Å²) in [5, 5.41) is 9.31. The van der Waals surface area contributed by atoms with Crippen molar-refractivity contribution in [1.29, 1.82) is 0 Å². The Labute approximate surface area is 164 Å². The summed E-state index contributed by atoms with van der Waals surface area (Å²) in [7, 11) is 1.79. The third-order valence-corrected chi connectivity index (χ3v) is 4.65. The van der Waals surface area contributed by atoms with Gasteiger partial charge in [-0.1, -0.05) is 0 Å². The molecule has 1 aliphatic rings. The van der Waals surface area contributed by atoms with Gasteiger partial charge in [0.15, 0.2) is 0 Å². The van der Waals surface area contributed by atoms with Crippen LogP contribution in [0.5, 0.6) is 0 Å². The van der Waals surface area contributed by atoms with Gasteiger partial charge in [0.2, 0.25) is 5.28 Å². The van der Waals surface area contributed by atoms with Crippen LogP contribution in [0.4, 0.5) is 10.6 Å². The Hall–Kier alpha value is -2.09. The van der Waals surface area contributed by atoms with E-state index in [2.05, 4.69) is 9.97 Å². The molecule has 2 rings (SSSR count). The van der Waals surface area contributed by atoms with E-state index in [1.165, 1.54) is 6.20 Å². The molecule has 9 heteroatoms. The number of carboxylic acid groups (broad SMARTS) is 1. The monoisotopic (exact) mass is 398 g/mol. The summed E-state index contributed by atoms with van der Waals surface area (Å²) in [5.74, 6) is -0.315. The molecule has 0 saturated carbocycles. The molecular formula is C18H27ClN4O4. The summed E-state index contributed by atoms with van der Waals surface area (Å²) in [6, 6.07) is 0. The molecular weight excluding hydrogens is 372 g/mol. The highest BCUT2D eigenvalue weighted by Gasteiger charge is 2.27. The maximum atomic E-state index is 12.1. The fourth-order valence-electron chi connectivity index (χ4n) is 3.01. The number of carboxylic acids is 1. The zero-order valence-corrected chi connectivity index (χ0v) is 17.0. The molecule has 0 bridgehead atoms. The number of likely N-dealkylation sites (tertiary alicyclic amines) is 1. The molecule has 0 aromatic carbocycles. The Morgan fingerprint density at radius 3 is 2.56 bits per heavy atom. The molecule has 0 aliphatic carbocycles. The molecule has 1 N–H and O–H groups in total. The van der Waals surface area contributed by atoms with Gasteiger partial charge in [0.05, 0.1) is 0 Å². The van der Waals surface area contributed by atoms with E-state index in [1.54, 1.807) is 16.8 Å². The van der Waals surface area contributed by atoms with Crippen molar-refractivity contribution < 1.29 is 19.4 Å². The lowest BCUT2D eigenvalue weighted by atomic mass is 9.93. The van der Waals surface area contributed by atoms with Crippen molar-refractivity contribution in [3.05, 3.63) is 17.0 Å². The van der Waals surface area contributed by atoms with Crippen molar-refractivity contribution in [2.45, 2.75) is 45.6 Å². The predicted molar refractivity (Wildman–Crippen MR) is 102 cm³/mol. The second-order valence-corrected chi connectivity index (χ2v) is 8.14. The van der Waals surface area contributed by atoms with Crippen molar-refractivity contribution >= 4 is 29.5 Å². The molecule has 0 unspecified atom stereocenters. The molecule has 8 nitrogen and oxygen atoms in total. The van der Waals surface area contributed by atoms with E-state index in [9.17, 15) is 14.7 Å². The smallest absolute Gasteiger partial charge is 0.410 e. The van der Waals surface area contributed by atoms with E-state index in [0.717, 1.165) is 19.3 Å². The van der Waals surface area contributed by atoms with Gasteiger partial charge in [0, 0.05) is 32.9 Å². The van der Waals surface area contributed by atoms with E-state index >= 15 is 0 Å². The average molecular weight is 399 g/mol. The van der Waals surface area contributed by atoms with Crippen molar-refractivity contribution in [3.8, 4) is 0 Å². The summed E-state index contributed by atoms with van der Waals surface area (Å²) < 4.78 is 5.41. The highest BCUT2D eigenvalue weighted by Crippen LogP contribution is 2.24. The van der Waals surface area contributed by atoms with Gasteiger partial charge in [0.1, 0.15) is 17.0 Å². The van der Waals surface area contributed by atoms with E-state index < -0.39 is 11.6 Å². The fraction of sp³-hybridized carbons (Fsp3) is 0.667. The number of nitrogens with zero attached hydrogens (tertiary/aromatic N) is 4. The van der Waals surface area contributed by atoms with Gasteiger partial charge in [-0.3, -0.25) is 0 Å². The maximum absolute atomic E-state index is 12.1. The molecule has 1 aliphatic heterocycles. The second kappa shape index (κ2) is 8.73. The Morgan fingerprint density at radius 1 is 1.37 bits per heavy atom. The van der Waals surface area contributed by atoms with Crippen LogP contribution < -0.4 is 4.90 Å². The second-order valence-electron chi connectivity index (χ2n) is 7.80. The van der Waals surface area contributed by atoms with Crippen molar-refractivity contribution in [2.24, 2.45) is 5.92 Å². The summed E-state index contributed by atoms with van der Waals surface area (Å²) in [6.45, 7) is 7.56. The summed E-state index contributed by atoms with van der Waals surface area (Å²) in [5.41, 5.74) is -0.459. The lowest BCUT2D eigenvalue weighted by Gasteiger charge is -2.34. The van der Waals surface area contributed by atoms with Crippen LogP contribution in [0.25, 0.3) is 0 Å². The van der Waals surface area contributed by atoms with Gasteiger partial charge < -0.3 is 19.6 Å². The molecule has 2 heterocycles. The standard InChI is InChI=1S/C18H27ClN4O4/c1-18(2,3)27-17(26)23-9-6-12(7-10-23)5-8-22(4)14-13(15(24)25)11-20-16(19)21-14/h11-12H,5-10H2,1-4H3,(H,24,25). The topological polar surface area (TPSA) is 95.9 Å². The summed E-state index contributed by atoms with van der Waals surface area (Å²) >= 11 is 5.81. The zero-order valence-electron chi connectivity index (χ0n) is 16.2. The lowest BCUT2D eigenvalue weighted by molar-refractivity contribution is 0.0182. The van der Waals surface area contributed by atoms with Gasteiger partial charge in [-0.2, -0.15) is 4.98 Å². The number of halogens is 1.